The molecule has 0 spiro atoms. The maximum Gasteiger partial charge on any atom is 0.306 e. The molecule has 0 bridgehead atoms. The molecule has 8 atom stereocenters. The smallest absolute Gasteiger partial charge is 0.306 e. The molecule has 0 heterocycles. The summed E-state index contributed by atoms with van der Waals surface area (Å²) in [4.78, 5) is 12.0. The lowest BCUT2D eigenvalue weighted by molar-refractivity contribution is -0.142. The minimum atomic E-state index is -3.00. The largest absolute Gasteiger partial charge is 0.466 e. The molecule has 0 amide bonds. The number of hydrogen-bond acceptors (Lipinski definition) is 17. The van der Waals surface area contributed by atoms with E-state index in [4.69, 9.17) is 83.6 Å². The molecule has 21 heteroatoms. The van der Waals surface area contributed by atoms with Crippen LogP contribution in [-0.2, 0) is 88.4 Å². The fourth-order valence-electron chi connectivity index (χ4n) is 6.69. The van der Waals surface area contributed by atoms with Crippen LogP contribution in [0.1, 0.15) is 192 Å². The van der Waals surface area contributed by atoms with Gasteiger partial charge in [-0.1, -0.05) is 190 Å². The quantitative estimate of drug-likeness (QED) is 0.0427. The van der Waals surface area contributed by atoms with E-state index in [1.165, 1.54) is 48.4 Å². The van der Waals surface area contributed by atoms with E-state index >= 15 is 0 Å². The van der Waals surface area contributed by atoms with E-state index in [-0.39, 0.29) is 24.3 Å². The van der Waals surface area contributed by atoms with Crippen LogP contribution in [-0.4, -0.2) is 87.0 Å². The average Bonchev–Trinajstić information content (AvgIpc) is 3.30. The van der Waals surface area contributed by atoms with E-state index in [1.807, 2.05) is 34.4 Å². The summed E-state index contributed by atoms with van der Waals surface area (Å²) in [7, 11) is 0. The normalized spacial score (nSPS) is 18.8. The van der Waals surface area contributed by atoms with Gasteiger partial charge in [-0.05, 0) is 119 Å². The number of rotatable bonds is 48. The van der Waals surface area contributed by atoms with Crippen molar-refractivity contribution in [2.24, 2.45) is 23.7 Å². The third-order valence-electron chi connectivity index (χ3n) is 11.4. The van der Waals surface area contributed by atoms with Gasteiger partial charge in [-0.3, -0.25) is 4.79 Å². The molecule has 0 aliphatic rings. The predicted molar refractivity (Wildman–Crippen MR) is 323 cm³/mol. The molecule has 0 radical (unpaired) electrons. The fourth-order valence-corrected chi connectivity index (χ4v) is 25.6. The van der Waals surface area contributed by atoms with Crippen molar-refractivity contribution in [1.29, 1.82) is 0 Å². The van der Waals surface area contributed by atoms with Gasteiger partial charge in [0.2, 0.25) is 17.1 Å². The molecule has 0 aromatic rings. The van der Waals surface area contributed by atoms with Gasteiger partial charge in [0.05, 0.1) is 57.8 Å². The number of esters is 1. The Hall–Kier alpha value is 3.19. The molecule has 0 N–H and O–H groups in total. The Balaban J connectivity index is 6.47. The molecule has 0 fully saturated rings. The lowest BCUT2D eigenvalue weighted by atomic mass is 10.0. The Morgan fingerprint density at radius 2 is 0.779 bits per heavy atom. The van der Waals surface area contributed by atoms with Gasteiger partial charge in [0.25, 0.3) is 0 Å². The van der Waals surface area contributed by atoms with Crippen molar-refractivity contribution < 1.29 is 41.2 Å². The molecule has 9 nitrogen and oxygen atoms in total. The van der Waals surface area contributed by atoms with Crippen LogP contribution in [0.5, 0.6) is 0 Å². The van der Waals surface area contributed by atoms with Crippen molar-refractivity contribution in [1.82, 2.24) is 0 Å². The third kappa shape index (κ3) is 36.3. The molecule has 8 unspecified atom stereocenters. The van der Waals surface area contributed by atoms with Gasteiger partial charge in [-0.2, -0.15) is 0 Å². The summed E-state index contributed by atoms with van der Waals surface area (Å²) >= 11 is 31.2. The maximum absolute atomic E-state index is 12.0. The second-order valence-electron chi connectivity index (χ2n) is 18.0. The first-order valence-electron chi connectivity index (χ1n) is 26.0. The molecule has 68 heavy (non-hydrogen) atoms. The lowest BCUT2D eigenvalue weighted by Crippen LogP contribution is -2.17. The monoisotopic (exact) mass is 1190 g/mol. The SMILES string of the molecule is CCCCC(CC)COP(=S)(OCC(CC)CCCC)SCC(C)OP(=S)(OC(C)CSP(=S)(OCC(CC)CCCC)OCC(CC)CCCC)SCC(C)OP(C)(=S)SCCC(=O)OCC. The average molecular weight is 1190 g/mol. The first-order valence-corrected chi connectivity index (χ1v) is 43.4. The van der Waals surface area contributed by atoms with E-state index in [9.17, 15) is 4.79 Å². The van der Waals surface area contributed by atoms with Crippen LogP contribution in [0.15, 0.2) is 0 Å². The molecular formula is C47H98O9P4S8. The zero-order chi connectivity index (χ0) is 51.5. The fraction of sp³-hybridized carbons (Fsp3) is 0.979. The van der Waals surface area contributed by atoms with Gasteiger partial charge in [0.1, 0.15) is 5.47 Å². The van der Waals surface area contributed by atoms with Gasteiger partial charge >= 0.3 is 5.97 Å². The summed E-state index contributed by atoms with van der Waals surface area (Å²) in [6, 6.07) is 0. The Morgan fingerprint density at radius 3 is 1.07 bits per heavy atom. The minimum Gasteiger partial charge on any atom is -0.466 e. The number of ether oxygens (including phenoxy) is 1. The highest BCUT2D eigenvalue weighted by atomic mass is 32.9. The number of carbonyl (C=O) groups is 1. The second kappa shape index (κ2) is 42.2. The zero-order valence-corrected chi connectivity index (χ0v) is 54.8. The van der Waals surface area contributed by atoms with Crippen LogP contribution in [0.2, 0.25) is 0 Å². The topological polar surface area (TPSA) is 90.9 Å². The van der Waals surface area contributed by atoms with Crippen LogP contribution in [0, 0.1) is 23.7 Å². The van der Waals surface area contributed by atoms with Crippen LogP contribution in [0.25, 0.3) is 0 Å². The molecule has 0 aliphatic carbocycles. The van der Waals surface area contributed by atoms with Crippen LogP contribution in [0.4, 0.5) is 0 Å². The molecule has 0 aliphatic heterocycles. The highest BCUT2D eigenvalue weighted by Gasteiger charge is 2.32. The summed E-state index contributed by atoms with van der Waals surface area (Å²) in [5.41, 5.74) is -10.7. The number of hydrogen-bond donors (Lipinski definition) is 0. The Kier molecular flexibility index (Phi) is 44.2. The molecule has 0 aromatic carbocycles. The van der Waals surface area contributed by atoms with Crippen LogP contribution >= 0.6 is 68.1 Å². The van der Waals surface area contributed by atoms with E-state index in [1.54, 1.807) is 22.8 Å². The van der Waals surface area contributed by atoms with Gasteiger partial charge in [0.15, 0.2) is 0 Å². The summed E-state index contributed by atoms with van der Waals surface area (Å²) in [5.74, 6) is 3.74. The Bertz CT molecular complexity index is 1350. The highest BCUT2D eigenvalue weighted by Crippen LogP contribution is 2.67. The van der Waals surface area contributed by atoms with E-state index in [2.05, 4.69) is 55.4 Å². The first kappa shape index (κ1) is 71.2. The summed E-state index contributed by atoms with van der Waals surface area (Å²) in [6.45, 7) is 30.5. The number of unbranched alkanes of at least 4 members (excludes halogenated alkanes) is 4. The van der Waals surface area contributed by atoms with Crippen molar-refractivity contribution in [2.75, 3.05) is 62.7 Å². The summed E-state index contributed by atoms with van der Waals surface area (Å²) < 4.78 is 52.0. The Morgan fingerprint density at radius 1 is 0.471 bits per heavy atom. The second-order valence-corrected chi connectivity index (χ2v) is 45.0. The minimum absolute atomic E-state index is 0.223. The molecule has 0 rings (SSSR count). The van der Waals surface area contributed by atoms with Crippen molar-refractivity contribution in [3.8, 4) is 0 Å². The van der Waals surface area contributed by atoms with Gasteiger partial charge in [0, 0.05) is 23.0 Å². The molecular weight excluding hydrogens is 1090 g/mol. The van der Waals surface area contributed by atoms with Gasteiger partial charge in [-0.15, -0.1) is 0 Å². The standard InChI is InChI=1S/C47H98O9P4S8/c1-14-23-27-43(18-5)33-50-58(62,51-34-44(19-6)28-24-15-2)66-38-41(11)55-60(64,68-37-40(10)54-57(13,61)65-32-31-47(48)49-22-9)56-42(12)39-67-59(63,52-35-45(20-7)29-25-16-3)53-36-46(21-8)30-26-17-4/h40-46H,14-39H2,1-13H3. The first-order chi connectivity index (χ1) is 32.2. The maximum atomic E-state index is 12.0. The zero-order valence-electron chi connectivity index (χ0n) is 44.7. The van der Waals surface area contributed by atoms with E-state index < -0.39 is 22.5 Å². The Labute approximate surface area is 455 Å². The van der Waals surface area contributed by atoms with Gasteiger partial charge < -0.3 is 36.4 Å². The van der Waals surface area contributed by atoms with E-state index in [0.29, 0.717) is 86.1 Å². The predicted octanol–water partition coefficient (Wildman–Crippen LogP) is 18.6. The van der Waals surface area contributed by atoms with Crippen LogP contribution in [0.3, 0.4) is 0 Å². The van der Waals surface area contributed by atoms with Crippen molar-refractivity contribution in [2.45, 2.75) is 211 Å². The molecule has 0 saturated heterocycles. The van der Waals surface area contributed by atoms with Crippen molar-refractivity contribution in [3.63, 3.8) is 0 Å². The molecule has 408 valence electrons. The highest BCUT2D eigenvalue weighted by molar-refractivity contribution is 8.69. The third-order valence-corrected chi connectivity index (χ3v) is 32.9. The van der Waals surface area contributed by atoms with Crippen LogP contribution < -0.4 is 0 Å². The van der Waals surface area contributed by atoms with E-state index in [0.717, 1.165) is 77.0 Å². The van der Waals surface area contributed by atoms with Gasteiger partial charge in [-0.25, -0.2) is 0 Å². The lowest BCUT2D eigenvalue weighted by Gasteiger charge is -2.31. The molecule has 0 saturated carbocycles. The summed E-state index contributed by atoms with van der Waals surface area (Å²) in [6.07, 6.45) is 17.5. The molecule has 0 aromatic heterocycles. The van der Waals surface area contributed by atoms with Crippen molar-refractivity contribution in [3.05, 3.63) is 0 Å². The van der Waals surface area contributed by atoms with Crippen molar-refractivity contribution >= 4 is 121 Å². The number of carbonyl (C=O) groups excluding carboxylic acids is 1. The summed E-state index contributed by atoms with van der Waals surface area (Å²) in [5, 5.41) is 0.